The average Bonchev–Trinajstić information content (AvgIpc) is 3.66. The lowest BCUT2D eigenvalue weighted by Gasteiger charge is -2.36. The molecule has 5 aromatic rings. The molecule has 0 fully saturated rings. The van der Waals surface area contributed by atoms with E-state index in [1.807, 2.05) is 22.6 Å². The first kappa shape index (κ1) is 45.2. The van der Waals surface area contributed by atoms with E-state index in [1.165, 1.54) is 35.3 Å². The van der Waals surface area contributed by atoms with Gasteiger partial charge in [0, 0.05) is 33.5 Å². The summed E-state index contributed by atoms with van der Waals surface area (Å²) >= 11 is -1.28. The Labute approximate surface area is 359 Å². The highest BCUT2D eigenvalue weighted by atomic mass is 127. The van der Waals surface area contributed by atoms with Crippen molar-refractivity contribution in [3.8, 4) is 28.6 Å². The number of nitrogens with zero attached hydrogens (tertiary/aromatic N) is 6. The normalized spacial score (nSPS) is 12.8. The molecule has 0 aliphatic heterocycles. The third-order valence-corrected chi connectivity index (χ3v) is 12.4. The molecule has 0 aliphatic carbocycles. The van der Waals surface area contributed by atoms with Gasteiger partial charge in [0.15, 0.2) is 5.82 Å². The number of halogens is 1. The molecule has 0 saturated carbocycles. The van der Waals surface area contributed by atoms with E-state index >= 15 is 8.42 Å². The van der Waals surface area contributed by atoms with Crippen LogP contribution in [0.1, 0.15) is 37.5 Å². The topological polar surface area (TPSA) is 211 Å². The summed E-state index contributed by atoms with van der Waals surface area (Å²) in [5.41, 5.74) is 0.902. The number of aliphatic hydroxyl groups excluding tert-OH is 1. The molecule has 5 rings (SSSR count). The monoisotopic (exact) mass is 962 g/mol. The van der Waals surface area contributed by atoms with Crippen LogP contribution in [-0.2, 0) is 45.7 Å². The second-order valence-corrected chi connectivity index (χ2v) is 18.0. The van der Waals surface area contributed by atoms with Gasteiger partial charge < -0.3 is 33.9 Å². The number of benzene rings is 4. The highest BCUT2D eigenvalue weighted by Gasteiger charge is 2.37. The first-order valence-corrected chi connectivity index (χ1v) is 21.6. The van der Waals surface area contributed by atoms with Gasteiger partial charge in [-0.3, -0.25) is 8.51 Å². The van der Waals surface area contributed by atoms with Crippen molar-refractivity contribution >= 4 is 55.7 Å². The third-order valence-electron chi connectivity index (χ3n) is 8.79. The van der Waals surface area contributed by atoms with Crippen molar-refractivity contribution < 1.29 is 46.0 Å². The number of rotatable bonds is 18. The van der Waals surface area contributed by atoms with Crippen LogP contribution in [0.4, 0.5) is 10.5 Å². The van der Waals surface area contributed by atoms with E-state index in [0.29, 0.717) is 36.3 Å². The molecule has 1 aromatic heterocycles. The molecule has 0 radical (unpaired) electrons. The van der Waals surface area contributed by atoms with Gasteiger partial charge in [0.25, 0.3) is 0 Å². The lowest BCUT2D eigenvalue weighted by Crippen LogP contribution is -2.47. The Bertz CT molecular complexity index is 2270. The smallest absolute Gasteiger partial charge is 0.407 e. The highest BCUT2D eigenvalue weighted by Crippen LogP contribution is 2.41. The van der Waals surface area contributed by atoms with Gasteiger partial charge in [-0.1, -0.05) is 36.4 Å². The van der Waals surface area contributed by atoms with E-state index in [9.17, 15) is 18.7 Å². The van der Waals surface area contributed by atoms with Crippen molar-refractivity contribution in [1.29, 1.82) is 0 Å². The number of tetrazole rings is 1. The largest absolute Gasteiger partial charge is 0.755 e. The number of anilines is 1. The van der Waals surface area contributed by atoms with Crippen molar-refractivity contribution in [1.82, 2.24) is 29.8 Å². The molecule has 17 nitrogen and oxygen atoms in total. The van der Waals surface area contributed by atoms with Crippen molar-refractivity contribution in [2.75, 3.05) is 38.8 Å². The van der Waals surface area contributed by atoms with Crippen molar-refractivity contribution in [2.24, 2.45) is 0 Å². The molecule has 1 amide bonds. The molecule has 1 heterocycles. The summed E-state index contributed by atoms with van der Waals surface area (Å²) in [7, 11) is -0.205. The maximum Gasteiger partial charge on any atom is 0.407 e. The van der Waals surface area contributed by atoms with Crippen LogP contribution in [0.15, 0.2) is 89.8 Å². The van der Waals surface area contributed by atoms with Crippen molar-refractivity contribution in [3.05, 3.63) is 105 Å². The number of aliphatic hydroxyl groups is 1. The Kier molecular flexibility index (Phi) is 15.3. The van der Waals surface area contributed by atoms with Gasteiger partial charge >= 0.3 is 6.09 Å². The molecule has 316 valence electrons. The second kappa shape index (κ2) is 19.9. The number of nitrogens with one attached hydrogen (secondary N) is 1. The molecule has 1 unspecified atom stereocenters. The third kappa shape index (κ3) is 11.5. The number of carbonyl (C=O) groups is 1. The summed E-state index contributed by atoms with van der Waals surface area (Å²) < 4.78 is 83.0. The van der Waals surface area contributed by atoms with E-state index in [0.717, 1.165) is 5.56 Å². The van der Waals surface area contributed by atoms with Gasteiger partial charge in [-0.2, -0.15) is 4.31 Å². The molecule has 2 N–H and O–H groups in total. The number of aromatic nitrogens is 4. The summed E-state index contributed by atoms with van der Waals surface area (Å²) in [6, 6.07) is 22.2. The summed E-state index contributed by atoms with van der Waals surface area (Å²) in [6.45, 7) is 3.46. The molecule has 0 saturated heterocycles. The summed E-state index contributed by atoms with van der Waals surface area (Å²) in [5.74, 6) is 1.76. The molecule has 0 bridgehead atoms. The summed E-state index contributed by atoms with van der Waals surface area (Å²) in [6.07, 6.45) is -0.869. The zero-order valence-corrected chi connectivity index (χ0v) is 37.0. The van der Waals surface area contributed by atoms with Crippen molar-refractivity contribution in [2.45, 2.75) is 56.9 Å². The number of hydrogen-bond donors (Lipinski definition) is 2. The molecular formula is C39H45IN7O10S2-. The highest BCUT2D eigenvalue weighted by molar-refractivity contribution is 14.1. The Morgan fingerprint density at radius 1 is 0.881 bits per heavy atom. The molecule has 20 heteroatoms. The summed E-state index contributed by atoms with van der Waals surface area (Å²) in [5, 5.41) is 25.6. The van der Waals surface area contributed by atoms with E-state index in [-0.39, 0.29) is 36.7 Å². The number of ether oxygens (including phenoxy) is 4. The SMILES string of the molecule is COc1ccc(CN(Cc2ccc(OC)cc2)S(=O)(=O)c2c(N([C@@H](CO)COC(=O)NC(C)(C)C)S(=O)[O-])ccc(I)c2-c2nnnn2Cc2ccc(OC)cc2)cc1. The Balaban J connectivity index is 1.74. The average molecular weight is 963 g/mol. The molecule has 2 atom stereocenters. The van der Waals surface area contributed by atoms with Crippen LogP contribution in [0.25, 0.3) is 11.4 Å². The molecule has 4 aromatic carbocycles. The van der Waals surface area contributed by atoms with Crippen LogP contribution in [0, 0.1) is 3.57 Å². The molecule has 59 heavy (non-hydrogen) atoms. The van der Waals surface area contributed by atoms with E-state index in [4.69, 9.17) is 18.9 Å². The van der Waals surface area contributed by atoms with Gasteiger partial charge in [-0.05, 0) is 119 Å². The first-order valence-electron chi connectivity index (χ1n) is 18.0. The lowest BCUT2D eigenvalue weighted by molar-refractivity contribution is 0.119. The summed E-state index contributed by atoms with van der Waals surface area (Å²) in [4.78, 5) is 12.2. The van der Waals surface area contributed by atoms with E-state index in [1.54, 1.807) is 101 Å². The molecular weight excluding hydrogens is 918 g/mol. The van der Waals surface area contributed by atoms with Crippen LogP contribution >= 0.6 is 22.6 Å². The minimum atomic E-state index is -4.79. The zero-order valence-electron chi connectivity index (χ0n) is 33.2. The Morgan fingerprint density at radius 2 is 1.39 bits per heavy atom. The number of alkyl carbamates (subject to hydrolysis) is 1. The quantitative estimate of drug-likeness (QED) is 0.0886. The van der Waals surface area contributed by atoms with Gasteiger partial charge in [0.1, 0.15) is 28.8 Å². The number of sulfonamides is 1. The van der Waals surface area contributed by atoms with Crippen LogP contribution < -0.4 is 23.8 Å². The lowest BCUT2D eigenvalue weighted by atomic mass is 10.1. The fourth-order valence-corrected chi connectivity index (χ4v) is 9.32. The van der Waals surface area contributed by atoms with E-state index < -0.39 is 57.1 Å². The molecule has 0 aliphatic rings. The Hall–Kier alpha value is -4.87. The van der Waals surface area contributed by atoms with Gasteiger partial charge in [-0.15, -0.1) is 5.10 Å². The van der Waals surface area contributed by atoms with E-state index in [2.05, 4.69) is 20.8 Å². The first-order chi connectivity index (χ1) is 28.1. The molecule has 0 spiro atoms. The predicted molar refractivity (Wildman–Crippen MR) is 227 cm³/mol. The minimum Gasteiger partial charge on any atom is -0.755 e. The maximum atomic E-state index is 15.7. The van der Waals surface area contributed by atoms with Gasteiger partial charge in [-0.25, -0.2) is 17.9 Å². The number of amides is 1. The maximum absolute atomic E-state index is 15.7. The Morgan fingerprint density at radius 3 is 1.85 bits per heavy atom. The van der Waals surface area contributed by atoms with Gasteiger partial charge in [0.05, 0.1) is 51.8 Å². The van der Waals surface area contributed by atoms with Crippen LogP contribution in [0.5, 0.6) is 17.2 Å². The van der Waals surface area contributed by atoms with Crippen LogP contribution in [0.2, 0.25) is 0 Å². The fraction of sp³-hybridized carbons (Fsp3) is 0.333. The van der Waals surface area contributed by atoms with Crippen LogP contribution in [0.3, 0.4) is 0 Å². The number of carbonyl (C=O) groups excluding carboxylic acids is 1. The predicted octanol–water partition coefficient (Wildman–Crippen LogP) is 4.90. The fourth-order valence-electron chi connectivity index (χ4n) is 5.92. The zero-order chi connectivity index (χ0) is 42.9. The standard InChI is InChI=1S/C39H46IN7O10S2/c1-39(2,3)41-38(49)57-25-29(24-48)47(58(50)51)34-20-19-33(40)35(37-42-43-44-46(37)23-28-11-17-32(56-6)18-12-28)36(34)59(52,53)45(21-26-7-13-30(54-4)14-8-26)22-27-9-15-31(55-5)16-10-27/h7-20,29,48H,21-25H2,1-6H3,(H,41,49)(H,50,51)/p-1/t29-/m0/s1. The van der Waals surface area contributed by atoms with Gasteiger partial charge in [0.2, 0.25) is 10.0 Å². The van der Waals surface area contributed by atoms with Crippen molar-refractivity contribution in [3.63, 3.8) is 0 Å². The second-order valence-electron chi connectivity index (χ2n) is 14.1. The minimum absolute atomic E-state index is 0.00499. The number of hydrogen-bond acceptors (Lipinski definition) is 13. The van der Waals surface area contributed by atoms with Crippen LogP contribution in [-0.4, -0.2) is 99.0 Å². The number of methoxy groups -OCH3 is 3.